The number of anilines is 1. The van der Waals surface area contributed by atoms with E-state index < -0.39 is 0 Å². The lowest BCUT2D eigenvalue weighted by Crippen LogP contribution is -2.62. The van der Waals surface area contributed by atoms with E-state index in [2.05, 4.69) is 27.2 Å². The molecule has 7 heteroatoms. The fourth-order valence-corrected chi connectivity index (χ4v) is 5.13. The van der Waals surface area contributed by atoms with Gasteiger partial charge in [0.2, 0.25) is 0 Å². The van der Waals surface area contributed by atoms with Crippen LogP contribution in [0.3, 0.4) is 0 Å². The molecule has 1 spiro atoms. The number of aromatic nitrogens is 1. The van der Waals surface area contributed by atoms with Crippen molar-refractivity contribution in [3.8, 4) is 5.75 Å². The third-order valence-corrected chi connectivity index (χ3v) is 6.91. The summed E-state index contributed by atoms with van der Waals surface area (Å²) >= 11 is 14.0. The van der Waals surface area contributed by atoms with Crippen LogP contribution in [0.4, 0.5) is 5.69 Å². The predicted octanol–water partition coefficient (Wildman–Crippen LogP) is 5.72. The average Bonchev–Trinajstić information content (AvgIpc) is 2.99. The van der Waals surface area contributed by atoms with Crippen molar-refractivity contribution in [3.05, 3.63) is 52.6 Å². The SMILES string of the molecule is Clc1ccc(NSc2ccc(OC3CC4(CNC4)C3)cc2)c2[nH]cc(Cl)c12. The maximum absolute atomic E-state index is 6.24. The molecule has 2 fully saturated rings. The van der Waals surface area contributed by atoms with Gasteiger partial charge >= 0.3 is 0 Å². The molecule has 0 radical (unpaired) electrons. The molecule has 0 amide bonds. The molecule has 3 N–H and O–H groups in total. The molecule has 2 aliphatic rings. The Hall–Kier alpha value is -1.53. The van der Waals surface area contributed by atoms with E-state index in [0.717, 1.165) is 40.3 Å². The third-order valence-electron chi connectivity index (χ3n) is 5.46. The minimum Gasteiger partial charge on any atom is -0.490 e. The van der Waals surface area contributed by atoms with Gasteiger partial charge < -0.3 is 19.8 Å². The zero-order valence-corrected chi connectivity index (χ0v) is 16.8. The first kappa shape index (κ1) is 17.6. The molecular formula is C20H19Cl2N3OS. The van der Waals surface area contributed by atoms with Crippen LogP contribution in [0.2, 0.25) is 10.0 Å². The van der Waals surface area contributed by atoms with E-state index in [4.69, 9.17) is 27.9 Å². The van der Waals surface area contributed by atoms with Crippen LogP contribution in [0.25, 0.3) is 10.9 Å². The number of hydrogen-bond acceptors (Lipinski definition) is 4. The minimum absolute atomic E-state index is 0.365. The number of fused-ring (bicyclic) bond motifs is 1. The first-order valence-corrected chi connectivity index (χ1v) is 10.5. The molecule has 0 bridgehead atoms. The van der Waals surface area contributed by atoms with E-state index >= 15 is 0 Å². The quantitative estimate of drug-likeness (QED) is 0.462. The predicted molar refractivity (Wildman–Crippen MR) is 113 cm³/mol. The van der Waals surface area contributed by atoms with Gasteiger partial charge in [-0.2, -0.15) is 0 Å². The van der Waals surface area contributed by atoms with Gasteiger partial charge in [0.15, 0.2) is 0 Å². The van der Waals surface area contributed by atoms with Crippen molar-refractivity contribution in [3.63, 3.8) is 0 Å². The molecule has 4 nitrogen and oxygen atoms in total. The first-order valence-electron chi connectivity index (χ1n) is 8.97. The Morgan fingerprint density at radius 3 is 2.52 bits per heavy atom. The van der Waals surface area contributed by atoms with E-state index in [1.165, 1.54) is 12.8 Å². The molecule has 1 saturated carbocycles. The lowest BCUT2D eigenvalue weighted by atomic mass is 9.63. The summed E-state index contributed by atoms with van der Waals surface area (Å²) in [6.45, 7) is 2.30. The number of halogens is 2. The lowest BCUT2D eigenvalue weighted by Gasteiger charge is -2.53. The van der Waals surface area contributed by atoms with Crippen LogP contribution in [0.1, 0.15) is 12.8 Å². The number of H-pyrrole nitrogens is 1. The Balaban J connectivity index is 1.21. The second kappa shape index (κ2) is 6.82. The maximum atomic E-state index is 6.24. The summed E-state index contributed by atoms with van der Waals surface area (Å²) in [6.07, 6.45) is 4.46. The number of aromatic amines is 1. The molecule has 2 aromatic carbocycles. The number of hydrogen-bond donors (Lipinski definition) is 3. The summed E-state index contributed by atoms with van der Waals surface area (Å²) in [5, 5.41) is 5.46. The Morgan fingerprint density at radius 2 is 1.81 bits per heavy atom. The smallest absolute Gasteiger partial charge is 0.119 e. The summed E-state index contributed by atoms with van der Waals surface area (Å²) in [7, 11) is 0. The van der Waals surface area contributed by atoms with Gasteiger partial charge in [-0.25, -0.2) is 0 Å². The molecule has 1 aliphatic heterocycles. The van der Waals surface area contributed by atoms with E-state index in [9.17, 15) is 0 Å². The molecule has 1 saturated heterocycles. The monoisotopic (exact) mass is 419 g/mol. The topological polar surface area (TPSA) is 49.1 Å². The fraction of sp³-hybridized carbons (Fsp3) is 0.300. The normalized spacial score (nSPS) is 18.3. The van der Waals surface area contributed by atoms with Crippen LogP contribution in [-0.2, 0) is 0 Å². The zero-order valence-electron chi connectivity index (χ0n) is 14.5. The van der Waals surface area contributed by atoms with Crippen LogP contribution < -0.4 is 14.8 Å². The fourth-order valence-electron chi connectivity index (χ4n) is 3.90. The molecule has 2 heterocycles. The van der Waals surface area contributed by atoms with Crippen molar-refractivity contribution in [1.82, 2.24) is 10.3 Å². The number of ether oxygens (including phenoxy) is 1. The third kappa shape index (κ3) is 3.27. The van der Waals surface area contributed by atoms with Crippen LogP contribution in [0.5, 0.6) is 5.75 Å². The molecule has 27 heavy (non-hydrogen) atoms. The van der Waals surface area contributed by atoms with E-state index in [0.29, 0.717) is 21.6 Å². The largest absolute Gasteiger partial charge is 0.490 e. The zero-order chi connectivity index (χ0) is 18.4. The average molecular weight is 420 g/mol. The Morgan fingerprint density at radius 1 is 1.04 bits per heavy atom. The highest BCUT2D eigenvalue weighted by Crippen LogP contribution is 2.45. The van der Waals surface area contributed by atoms with Crippen LogP contribution in [0.15, 0.2) is 47.5 Å². The van der Waals surface area contributed by atoms with Gasteiger partial charge in [-0.1, -0.05) is 23.2 Å². The standard InChI is InChI=1S/C20H19Cl2N3OS/c21-15-5-6-17(19-18(15)16(22)9-24-19)25-27-14-3-1-12(2-4-14)26-13-7-20(8-13)10-23-11-20/h1-6,9,13,23-25H,7-8,10-11H2. The van der Waals surface area contributed by atoms with Crippen molar-refractivity contribution < 1.29 is 4.74 Å². The Kier molecular flexibility index (Phi) is 4.43. The molecule has 5 rings (SSSR count). The summed E-state index contributed by atoms with van der Waals surface area (Å²) < 4.78 is 9.45. The molecule has 3 aromatic rings. The second-order valence-corrected chi connectivity index (χ2v) is 9.10. The van der Waals surface area contributed by atoms with Gasteiger partial charge in [0.1, 0.15) is 5.75 Å². The highest BCUT2D eigenvalue weighted by Gasteiger charge is 2.49. The van der Waals surface area contributed by atoms with Crippen molar-refractivity contribution >= 4 is 51.7 Å². The first-order chi connectivity index (χ1) is 13.1. The van der Waals surface area contributed by atoms with Crippen molar-refractivity contribution in [1.29, 1.82) is 0 Å². The van der Waals surface area contributed by atoms with E-state index in [-0.39, 0.29) is 0 Å². The van der Waals surface area contributed by atoms with Gasteiger partial charge in [-0.15, -0.1) is 0 Å². The van der Waals surface area contributed by atoms with E-state index in [1.54, 1.807) is 18.1 Å². The van der Waals surface area contributed by atoms with E-state index in [1.807, 2.05) is 24.3 Å². The van der Waals surface area contributed by atoms with Gasteiger partial charge in [0.05, 0.1) is 27.4 Å². The molecule has 0 unspecified atom stereocenters. The highest BCUT2D eigenvalue weighted by molar-refractivity contribution is 8.00. The number of benzene rings is 2. The van der Waals surface area contributed by atoms with Crippen LogP contribution in [0, 0.1) is 5.41 Å². The molecule has 1 aromatic heterocycles. The summed E-state index contributed by atoms with van der Waals surface area (Å²) in [6, 6.07) is 12.0. The summed E-state index contributed by atoms with van der Waals surface area (Å²) in [5.74, 6) is 0.941. The maximum Gasteiger partial charge on any atom is 0.119 e. The lowest BCUT2D eigenvalue weighted by molar-refractivity contribution is -0.0495. The Bertz CT molecular complexity index is 977. The van der Waals surface area contributed by atoms with Crippen molar-refractivity contribution in [2.75, 3.05) is 17.8 Å². The molecule has 0 atom stereocenters. The number of nitrogens with one attached hydrogen (secondary N) is 3. The van der Waals surface area contributed by atoms with Crippen LogP contribution >= 0.6 is 35.1 Å². The van der Waals surface area contributed by atoms with Gasteiger partial charge in [-0.3, -0.25) is 0 Å². The summed E-state index contributed by atoms with van der Waals surface area (Å²) in [5.41, 5.74) is 2.39. The molecular weight excluding hydrogens is 401 g/mol. The van der Waals surface area contributed by atoms with Crippen molar-refractivity contribution in [2.45, 2.75) is 23.8 Å². The van der Waals surface area contributed by atoms with Gasteiger partial charge in [0.25, 0.3) is 0 Å². The molecule has 1 aliphatic carbocycles. The van der Waals surface area contributed by atoms with Crippen LogP contribution in [-0.4, -0.2) is 24.2 Å². The van der Waals surface area contributed by atoms with Gasteiger partial charge in [0, 0.05) is 35.0 Å². The van der Waals surface area contributed by atoms with Crippen molar-refractivity contribution in [2.24, 2.45) is 5.41 Å². The van der Waals surface area contributed by atoms with Gasteiger partial charge in [-0.05, 0) is 61.2 Å². The second-order valence-electron chi connectivity index (χ2n) is 7.41. The highest BCUT2D eigenvalue weighted by atomic mass is 35.5. The minimum atomic E-state index is 0.365. The number of rotatable bonds is 5. The summed E-state index contributed by atoms with van der Waals surface area (Å²) in [4.78, 5) is 4.28. The Labute approximate surface area is 172 Å². The molecule has 140 valence electrons.